The van der Waals surface area contributed by atoms with Gasteiger partial charge in [0.15, 0.2) is 0 Å². The number of amides is 1. The molecule has 4 rings (SSSR count). The number of rotatable bonds is 5. The first-order chi connectivity index (χ1) is 16.3. The summed E-state index contributed by atoms with van der Waals surface area (Å²) in [5.74, 6) is -1.74. The predicted molar refractivity (Wildman–Crippen MR) is 127 cm³/mol. The minimum Gasteiger partial charge on any atom is -0.508 e. The maximum absolute atomic E-state index is 13.2. The van der Waals surface area contributed by atoms with Crippen molar-refractivity contribution in [3.8, 4) is 17.6 Å². The summed E-state index contributed by atoms with van der Waals surface area (Å²) in [6.45, 7) is 2.19. The number of carbonyl (C=O) groups is 2. The molecule has 3 aromatic carbocycles. The number of aromatic hydroxyl groups is 1. The molecule has 0 radical (unpaired) electrons. The summed E-state index contributed by atoms with van der Waals surface area (Å²) in [6.07, 6.45) is 0. The number of anilines is 1. The van der Waals surface area contributed by atoms with Crippen molar-refractivity contribution in [1.82, 2.24) is 0 Å². The van der Waals surface area contributed by atoms with Crippen molar-refractivity contribution < 1.29 is 24.5 Å². The standard InChI is InChI=1S/C26H19ClN2O5/c1-2-34-19-11-12-21(27)20(13-19)24(31)22-23(16-5-9-18(30)10-6-16)29(26(33)25(22)32)17-7-3-15(14-28)4-8-17/h3-13,23,30-31H,2H2,1H3/b24-22+. The first-order valence-electron chi connectivity index (χ1n) is 10.4. The minimum atomic E-state index is -1.000. The summed E-state index contributed by atoms with van der Waals surface area (Å²) in [5, 5.41) is 30.3. The number of hydrogen-bond acceptors (Lipinski definition) is 6. The molecule has 1 amide bonds. The molecule has 1 unspecified atom stereocenters. The molecule has 1 fully saturated rings. The van der Waals surface area contributed by atoms with Gasteiger partial charge in [0.1, 0.15) is 17.3 Å². The molecule has 1 saturated heterocycles. The van der Waals surface area contributed by atoms with Gasteiger partial charge in [-0.3, -0.25) is 14.5 Å². The Bertz CT molecular complexity index is 1340. The van der Waals surface area contributed by atoms with Crippen LogP contribution in [0.5, 0.6) is 11.5 Å². The Morgan fingerprint density at radius 1 is 1.09 bits per heavy atom. The highest BCUT2D eigenvalue weighted by atomic mass is 35.5. The summed E-state index contributed by atoms with van der Waals surface area (Å²) >= 11 is 6.33. The number of ketones is 1. The van der Waals surface area contributed by atoms with Gasteiger partial charge < -0.3 is 14.9 Å². The SMILES string of the molecule is CCOc1ccc(Cl)c(/C(O)=C2\C(=O)C(=O)N(c3ccc(C#N)cc3)C2c2ccc(O)cc2)c1. The molecule has 0 saturated carbocycles. The molecule has 1 aliphatic heterocycles. The maximum Gasteiger partial charge on any atom is 0.300 e. The molecule has 0 aliphatic carbocycles. The van der Waals surface area contributed by atoms with E-state index in [2.05, 4.69) is 0 Å². The number of benzene rings is 3. The summed E-state index contributed by atoms with van der Waals surface area (Å²) in [4.78, 5) is 27.6. The molecule has 0 spiro atoms. The number of nitriles is 1. The van der Waals surface area contributed by atoms with Crippen LogP contribution in [0.1, 0.15) is 29.7 Å². The smallest absolute Gasteiger partial charge is 0.300 e. The fourth-order valence-electron chi connectivity index (χ4n) is 3.85. The Hall–Kier alpha value is -4.28. The normalized spacial score (nSPS) is 17.0. The first-order valence-corrected chi connectivity index (χ1v) is 10.8. The van der Waals surface area contributed by atoms with Gasteiger partial charge in [-0.2, -0.15) is 5.26 Å². The molecule has 34 heavy (non-hydrogen) atoms. The molecule has 8 heteroatoms. The van der Waals surface area contributed by atoms with E-state index >= 15 is 0 Å². The lowest BCUT2D eigenvalue weighted by molar-refractivity contribution is -0.132. The number of carbonyl (C=O) groups excluding carboxylic acids is 2. The van der Waals surface area contributed by atoms with Crippen molar-refractivity contribution in [1.29, 1.82) is 5.26 Å². The Balaban J connectivity index is 1.94. The molecule has 7 nitrogen and oxygen atoms in total. The zero-order chi connectivity index (χ0) is 24.4. The summed E-state index contributed by atoms with van der Waals surface area (Å²) < 4.78 is 5.49. The predicted octanol–water partition coefficient (Wildman–Crippen LogP) is 4.94. The number of Topliss-reactive ketones (excluding diaryl/α,β-unsaturated/α-hetero) is 1. The molecule has 3 aromatic rings. The molecule has 170 valence electrons. The second-order valence-electron chi connectivity index (χ2n) is 7.49. The van der Waals surface area contributed by atoms with Crippen LogP contribution in [0.15, 0.2) is 72.3 Å². The van der Waals surface area contributed by atoms with Gasteiger partial charge >= 0.3 is 0 Å². The summed E-state index contributed by atoms with van der Waals surface area (Å²) in [5.41, 5.74) is 1.23. The van der Waals surface area contributed by atoms with Crippen molar-refractivity contribution in [3.05, 3.63) is 94.0 Å². The number of aliphatic hydroxyl groups is 1. The largest absolute Gasteiger partial charge is 0.508 e. The zero-order valence-electron chi connectivity index (χ0n) is 18.0. The van der Waals surface area contributed by atoms with Crippen LogP contribution in [-0.4, -0.2) is 28.5 Å². The van der Waals surface area contributed by atoms with Crippen LogP contribution < -0.4 is 9.64 Å². The molecule has 1 atom stereocenters. The molecule has 0 aromatic heterocycles. The van der Waals surface area contributed by atoms with E-state index < -0.39 is 23.5 Å². The highest BCUT2D eigenvalue weighted by Crippen LogP contribution is 2.43. The lowest BCUT2D eigenvalue weighted by Crippen LogP contribution is -2.29. The number of phenols is 1. The zero-order valence-corrected chi connectivity index (χ0v) is 18.8. The maximum atomic E-state index is 13.2. The van der Waals surface area contributed by atoms with Crippen LogP contribution in [-0.2, 0) is 9.59 Å². The van der Waals surface area contributed by atoms with Gasteiger partial charge in [-0.1, -0.05) is 23.7 Å². The van der Waals surface area contributed by atoms with Gasteiger partial charge in [0.05, 0.1) is 34.9 Å². The Kier molecular flexibility index (Phi) is 6.26. The number of nitrogens with zero attached hydrogens (tertiary/aromatic N) is 2. The second kappa shape index (κ2) is 9.30. The van der Waals surface area contributed by atoms with Gasteiger partial charge in [-0.05, 0) is 67.1 Å². The van der Waals surface area contributed by atoms with Crippen molar-refractivity contribution in [2.45, 2.75) is 13.0 Å². The molecule has 1 aliphatic rings. The van der Waals surface area contributed by atoms with E-state index in [4.69, 9.17) is 21.6 Å². The topological polar surface area (TPSA) is 111 Å². The summed E-state index contributed by atoms with van der Waals surface area (Å²) in [7, 11) is 0. The van der Waals surface area contributed by atoms with E-state index in [0.29, 0.717) is 29.2 Å². The lowest BCUT2D eigenvalue weighted by Gasteiger charge is -2.25. The molecule has 2 N–H and O–H groups in total. The van der Waals surface area contributed by atoms with Crippen molar-refractivity contribution in [2.75, 3.05) is 11.5 Å². The van der Waals surface area contributed by atoms with E-state index in [1.54, 1.807) is 30.3 Å². The minimum absolute atomic E-state index is 0.00605. The summed E-state index contributed by atoms with van der Waals surface area (Å²) in [6, 6.07) is 17.8. The van der Waals surface area contributed by atoms with Gasteiger partial charge in [-0.15, -0.1) is 0 Å². The number of ether oxygens (including phenoxy) is 1. The van der Waals surface area contributed by atoms with Crippen molar-refractivity contribution >= 4 is 34.7 Å². The number of hydrogen-bond donors (Lipinski definition) is 2. The average molecular weight is 475 g/mol. The van der Waals surface area contributed by atoms with Crippen LogP contribution in [0, 0.1) is 11.3 Å². The van der Waals surface area contributed by atoms with E-state index in [9.17, 15) is 19.8 Å². The van der Waals surface area contributed by atoms with Crippen LogP contribution in [0.4, 0.5) is 5.69 Å². The quantitative estimate of drug-likeness (QED) is 0.308. The highest BCUT2D eigenvalue weighted by Gasteiger charge is 2.47. The first kappa shape index (κ1) is 22.9. The van der Waals surface area contributed by atoms with Crippen LogP contribution in [0.2, 0.25) is 5.02 Å². The third-order valence-corrected chi connectivity index (χ3v) is 5.76. The number of halogens is 1. The van der Waals surface area contributed by atoms with E-state index in [1.165, 1.54) is 41.3 Å². The number of aliphatic hydroxyl groups excluding tert-OH is 1. The number of phenolic OH excluding ortho intramolecular Hbond substituents is 1. The monoisotopic (exact) mass is 474 g/mol. The third-order valence-electron chi connectivity index (χ3n) is 5.43. The van der Waals surface area contributed by atoms with Gasteiger partial charge in [0, 0.05) is 11.3 Å². The van der Waals surface area contributed by atoms with E-state index in [-0.39, 0.29) is 21.9 Å². The molecular weight excluding hydrogens is 456 g/mol. The Labute approximate surface area is 200 Å². The van der Waals surface area contributed by atoms with E-state index in [1.807, 2.05) is 13.0 Å². The molecule has 1 heterocycles. The van der Waals surface area contributed by atoms with Crippen LogP contribution >= 0.6 is 11.6 Å². The van der Waals surface area contributed by atoms with Crippen LogP contribution in [0.25, 0.3) is 5.76 Å². The van der Waals surface area contributed by atoms with Gasteiger partial charge in [0.2, 0.25) is 0 Å². The average Bonchev–Trinajstić information content (AvgIpc) is 3.11. The molecule has 0 bridgehead atoms. The molecular formula is C26H19ClN2O5. The fraction of sp³-hybridized carbons (Fsp3) is 0.115. The van der Waals surface area contributed by atoms with Crippen molar-refractivity contribution in [2.24, 2.45) is 0 Å². The Morgan fingerprint density at radius 2 is 1.76 bits per heavy atom. The van der Waals surface area contributed by atoms with E-state index in [0.717, 1.165) is 0 Å². The highest BCUT2D eigenvalue weighted by molar-refractivity contribution is 6.52. The van der Waals surface area contributed by atoms with Gasteiger partial charge in [0.25, 0.3) is 11.7 Å². The second-order valence-corrected chi connectivity index (χ2v) is 7.90. The Morgan fingerprint density at radius 3 is 2.38 bits per heavy atom. The fourth-order valence-corrected chi connectivity index (χ4v) is 4.06. The van der Waals surface area contributed by atoms with Crippen molar-refractivity contribution in [3.63, 3.8) is 0 Å². The lowest BCUT2D eigenvalue weighted by atomic mass is 9.95. The van der Waals surface area contributed by atoms with Crippen LogP contribution in [0.3, 0.4) is 0 Å². The third kappa shape index (κ3) is 4.07. The van der Waals surface area contributed by atoms with Gasteiger partial charge in [-0.25, -0.2) is 0 Å².